The lowest BCUT2D eigenvalue weighted by molar-refractivity contribution is -0.770. The van der Waals surface area contributed by atoms with Crippen molar-refractivity contribution in [3.8, 4) is 55.8 Å². The Morgan fingerprint density at radius 3 is 1.61 bits per heavy atom. The molecule has 1 aromatic heterocycles. The summed E-state index contributed by atoms with van der Waals surface area (Å²) in [6.07, 6.45) is 6.87. The van der Waals surface area contributed by atoms with Crippen LogP contribution in [0.4, 0.5) is 0 Å². The van der Waals surface area contributed by atoms with E-state index < -0.39 is 0 Å². The molecule has 54 heavy (non-hydrogen) atoms. The molecule has 1 heteroatoms. The van der Waals surface area contributed by atoms with E-state index in [1.807, 2.05) is 0 Å². The molecule has 1 aliphatic heterocycles. The molecule has 7 aromatic carbocycles. The van der Waals surface area contributed by atoms with Crippen LogP contribution in [-0.4, -0.2) is 0 Å². The van der Waals surface area contributed by atoms with Crippen LogP contribution in [0.5, 0.6) is 0 Å². The Morgan fingerprint density at radius 1 is 0.444 bits per heavy atom. The summed E-state index contributed by atoms with van der Waals surface area (Å²) in [6.45, 7) is 9.63. The van der Waals surface area contributed by atoms with Crippen LogP contribution in [0.3, 0.4) is 0 Å². The molecule has 1 aliphatic rings. The predicted molar refractivity (Wildman–Crippen MR) is 230 cm³/mol. The number of rotatable bonds is 8. The van der Waals surface area contributed by atoms with Gasteiger partial charge in [0.25, 0.3) is 0 Å². The molecule has 0 saturated heterocycles. The van der Waals surface area contributed by atoms with Gasteiger partial charge in [0.15, 0.2) is 11.7 Å². The van der Waals surface area contributed by atoms with Crippen molar-refractivity contribution in [1.29, 1.82) is 0 Å². The first kappa shape index (κ1) is 34.0. The maximum Gasteiger partial charge on any atom is 0.213 e. The van der Waals surface area contributed by atoms with Crippen LogP contribution in [0.1, 0.15) is 58.9 Å². The fourth-order valence-corrected chi connectivity index (χ4v) is 9.97. The molecule has 0 radical (unpaired) electrons. The van der Waals surface area contributed by atoms with Gasteiger partial charge in [0.05, 0.1) is 11.0 Å². The normalized spacial score (nSPS) is 17.7. The standard InChI is InChI=1S/C53H48N/c1-5-30-53(7-3)52(4,6-2)50-29-28-41(36-49(50)51-27-12-13-31-54(51)53)39-21-14-22-40(32-39)42-33-43(47-25-15-19-37-17-8-10-23-45(37)47)35-44(34-42)48-26-16-20-38-18-9-11-24-46(38)48/h8-29,31-36H,5-7,30H2,1-4H3/q+1. The number of hydrogen-bond acceptors (Lipinski definition) is 0. The summed E-state index contributed by atoms with van der Waals surface area (Å²) in [6, 6.07) is 61.2. The average Bonchev–Trinajstić information content (AvgIpc) is 3.24. The summed E-state index contributed by atoms with van der Waals surface area (Å²) in [7, 11) is 0. The van der Waals surface area contributed by atoms with Crippen LogP contribution in [0, 0.1) is 0 Å². The molecule has 9 rings (SSSR count). The summed E-state index contributed by atoms with van der Waals surface area (Å²) < 4.78 is 2.64. The Kier molecular flexibility index (Phi) is 8.54. The fourth-order valence-electron chi connectivity index (χ4n) is 9.97. The molecule has 8 aromatic rings. The Bertz CT molecular complexity index is 2570. The zero-order valence-electron chi connectivity index (χ0n) is 31.9. The Labute approximate surface area is 320 Å². The SMILES string of the molecule is CCCC1(CC)[n+]2ccccc2-c2cc(-c3cccc(-c4cc(-c5cccc6ccccc56)cc(-c5cccc6ccccc56)c4)c3)ccc2C1(C)CC. The van der Waals surface area contributed by atoms with E-state index in [2.05, 4.69) is 202 Å². The van der Waals surface area contributed by atoms with E-state index in [1.165, 1.54) is 82.9 Å². The van der Waals surface area contributed by atoms with Crippen LogP contribution < -0.4 is 4.57 Å². The first-order valence-electron chi connectivity index (χ1n) is 19.9. The van der Waals surface area contributed by atoms with Gasteiger partial charge in [-0.1, -0.05) is 136 Å². The molecule has 2 unspecified atom stereocenters. The van der Waals surface area contributed by atoms with E-state index in [0.29, 0.717) is 0 Å². The Morgan fingerprint density at radius 2 is 0.981 bits per heavy atom. The van der Waals surface area contributed by atoms with Crippen molar-refractivity contribution in [2.45, 2.75) is 64.3 Å². The molecule has 0 bridgehead atoms. The molecular formula is C53H48N+. The third kappa shape index (κ3) is 5.32. The van der Waals surface area contributed by atoms with Gasteiger partial charge in [-0.3, -0.25) is 0 Å². The first-order valence-corrected chi connectivity index (χ1v) is 19.9. The highest BCUT2D eigenvalue weighted by atomic mass is 15.1. The van der Waals surface area contributed by atoms with Crippen LogP contribution in [-0.2, 0) is 11.0 Å². The van der Waals surface area contributed by atoms with E-state index in [-0.39, 0.29) is 11.0 Å². The number of hydrogen-bond donors (Lipinski definition) is 0. The van der Waals surface area contributed by atoms with E-state index in [1.54, 1.807) is 0 Å². The van der Waals surface area contributed by atoms with Crippen molar-refractivity contribution in [1.82, 2.24) is 0 Å². The van der Waals surface area contributed by atoms with Crippen LogP contribution >= 0.6 is 0 Å². The highest BCUT2D eigenvalue weighted by Crippen LogP contribution is 2.52. The highest BCUT2D eigenvalue weighted by molar-refractivity contribution is 6.01. The topological polar surface area (TPSA) is 3.88 Å². The number of fused-ring (bicyclic) bond motifs is 5. The van der Waals surface area contributed by atoms with Crippen molar-refractivity contribution in [2.24, 2.45) is 0 Å². The van der Waals surface area contributed by atoms with Gasteiger partial charge in [0.2, 0.25) is 5.69 Å². The summed E-state index contributed by atoms with van der Waals surface area (Å²) >= 11 is 0. The van der Waals surface area contributed by atoms with Crippen molar-refractivity contribution < 1.29 is 4.57 Å². The van der Waals surface area contributed by atoms with Gasteiger partial charge in [-0.25, -0.2) is 0 Å². The van der Waals surface area contributed by atoms with Gasteiger partial charge in [-0.05, 0) is 128 Å². The molecule has 0 aliphatic carbocycles. The predicted octanol–water partition coefficient (Wildman–Crippen LogP) is 14.2. The summed E-state index contributed by atoms with van der Waals surface area (Å²) in [5, 5.41) is 5.05. The number of benzene rings is 7. The van der Waals surface area contributed by atoms with Gasteiger partial charge < -0.3 is 0 Å². The summed E-state index contributed by atoms with van der Waals surface area (Å²) in [4.78, 5) is 0. The van der Waals surface area contributed by atoms with Crippen molar-refractivity contribution in [2.75, 3.05) is 0 Å². The van der Waals surface area contributed by atoms with Crippen molar-refractivity contribution >= 4 is 21.5 Å². The van der Waals surface area contributed by atoms with Gasteiger partial charge in [0.1, 0.15) is 0 Å². The van der Waals surface area contributed by atoms with Crippen molar-refractivity contribution in [3.05, 3.63) is 176 Å². The first-order chi connectivity index (χ1) is 26.5. The maximum atomic E-state index is 2.64. The number of aromatic nitrogens is 1. The second-order valence-corrected chi connectivity index (χ2v) is 15.5. The quantitative estimate of drug-likeness (QED) is 0.139. The zero-order valence-corrected chi connectivity index (χ0v) is 31.9. The van der Waals surface area contributed by atoms with Gasteiger partial charge in [-0.2, -0.15) is 4.57 Å². The van der Waals surface area contributed by atoms with Gasteiger partial charge >= 0.3 is 0 Å². The van der Waals surface area contributed by atoms with E-state index in [0.717, 1.165) is 25.7 Å². The number of pyridine rings is 1. The minimum atomic E-state index is 0.0204. The molecule has 0 saturated carbocycles. The molecule has 0 N–H and O–H groups in total. The highest BCUT2D eigenvalue weighted by Gasteiger charge is 2.58. The average molecular weight is 699 g/mol. The molecule has 2 heterocycles. The lowest BCUT2D eigenvalue weighted by atomic mass is 9.58. The fraction of sp³-hybridized carbons (Fsp3) is 0.189. The molecule has 2 atom stereocenters. The van der Waals surface area contributed by atoms with E-state index in [9.17, 15) is 0 Å². The van der Waals surface area contributed by atoms with Gasteiger partial charge in [-0.15, -0.1) is 0 Å². The number of nitrogens with zero attached hydrogens (tertiary/aromatic N) is 1. The van der Waals surface area contributed by atoms with Crippen LogP contribution in [0.25, 0.3) is 77.3 Å². The second kappa shape index (κ2) is 13.6. The zero-order chi connectivity index (χ0) is 36.9. The monoisotopic (exact) mass is 698 g/mol. The molecule has 1 nitrogen and oxygen atoms in total. The minimum Gasteiger partial charge on any atom is -0.192 e. The largest absolute Gasteiger partial charge is 0.213 e. The molecule has 0 amide bonds. The maximum absolute atomic E-state index is 2.64. The lowest BCUT2D eigenvalue weighted by Gasteiger charge is -2.48. The van der Waals surface area contributed by atoms with Crippen LogP contribution in [0.15, 0.2) is 170 Å². The summed E-state index contributed by atoms with van der Waals surface area (Å²) in [5.41, 5.74) is 14.1. The molecule has 0 spiro atoms. The molecule has 0 fully saturated rings. The van der Waals surface area contributed by atoms with Crippen molar-refractivity contribution in [3.63, 3.8) is 0 Å². The molecular weight excluding hydrogens is 651 g/mol. The Hall–Kier alpha value is -5.79. The van der Waals surface area contributed by atoms with Gasteiger partial charge in [0, 0.05) is 25.0 Å². The van der Waals surface area contributed by atoms with E-state index >= 15 is 0 Å². The Balaban J connectivity index is 1.21. The minimum absolute atomic E-state index is 0.0204. The molecule has 264 valence electrons. The second-order valence-electron chi connectivity index (χ2n) is 15.5. The van der Waals surface area contributed by atoms with Crippen LogP contribution in [0.2, 0.25) is 0 Å². The summed E-state index contributed by atoms with van der Waals surface area (Å²) in [5.74, 6) is 0. The lowest BCUT2D eigenvalue weighted by Crippen LogP contribution is -2.69. The smallest absolute Gasteiger partial charge is 0.192 e. The third-order valence-corrected chi connectivity index (χ3v) is 12.9. The third-order valence-electron chi connectivity index (χ3n) is 12.9. The van der Waals surface area contributed by atoms with E-state index in [4.69, 9.17) is 0 Å².